The van der Waals surface area contributed by atoms with Crippen LogP contribution in [-0.2, 0) is 6.42 Å². The van der Waals surface area contributed by atoms with Gasteiger partial charge in [-0.25, -0.2) is 0 Å². The highest BCUT2D eigenvalue weighted by Gasteiger charge is 2.05. The first kappa shape index (κ1) is 13.5. The third-order valence-corrected chi connectivity index (χ3v) is 3.25. The molecule has 0 aliphatic carbocycles. The summed E-state index contributed by atoms with van der Waals surface area (Å²) in [6.07, 6.45) is 0.240. The van der Waals surface area contributed by atoms with E-state index < -0.39 is 0 Å². The summed E-state index contributed by atoms with van der Waals surface area (Å²) in [7, 11) is 0. The average molecular weight is 293 g/mol. The zero-order valence-corrected chi connectivity index (χ0v) is 11.4. The van der Waals surface area contributed by atoms with Gasteiger partial charge >= 0.3 is 0 Å². The Morgan fingerprint density at radius 1 is 1.05 bits per heavy atom. The van der Waals surface area contributed by atoms with E-state index in [1.54, 1.807) is 36.4 Å². The first-order valence-corrected chi connectivity index (χ1v) is 6.24. The Morgan fingerprint density at radius 2 is 1.74 bits per heavy atom. The van der Waals surface area contributed by atoms with Gasteiger partial charge in [-0.3, -0.25) is 0 Å². The first-order valence-electron chi connectivity index (χ1n) is 5.48. The fourth-order valence-corrected chi connectivity index (χ4v) is 1.85. The van der Waals surface area contributed by atoms with Crippen molar-refractivity contribution in [1.82, 2.24) is 0 Å². The molecule has 0 heterocycles. The van der Waals surface area contributed by atoms with Crippen LogP contribution in [0.25, 0.3) is 0 Å². The van der Waals surface area contributed by atoms with Gasteiger partial charge in [0, 0.05) is 11.8 Å². The zero-order valence-electron chi connectivity index (χ0n) is 9.86. The third kappa shape index (κ3) is 3.31. The second kappa shape index (κ2) is 5.83. The minimum absolute atomic E-state index is 0.240. The number of nitrogens with two attached hydrogens (primary N) is 1. The minimum atomic E-state index is 0.240. The lowest BCUT2D eigenvalue weighted by molar-refractivity contribution is 0.482. The molecule has 2 rings (SSSR count). The topological polar surface area (TPSA) is 59.0 Å². The molecule has 0 spiro atoms. The van der Waals surface area contributed by atoms with Crippen LogP contribution in [0.3, 0.4) is 0 Å². The first-order chi connectivity index (χ1) is 9.10. The molecule has 96 valence electrons. The molecule has 2 aromatic carbocycles. The van der Waals surface area contributed by atoms with Crippen LogP contribution in [0, 0.1) is 11.3 Å². The normalized spacial score (nSPS) is 9.95. The molecule has 5 heteroatoms. The molecule has 3 nitrogen and oxygen atoms in total. The fourth-order valence-electron chi connectivity index (χ4n) is 1.56. The number of rotatable bonds is 3. The van der Waals surface area contributed by atoms with Gasteiger partial charge in [-0.15, -0.1) is 0 Å². The number of hydrogen-bond donors (Lipinski definition) is 1. The van der Waals surface area contributed by atoms with E-state index in [4.69, 9.17) is 38.9 Å². The molecule has 0 saturated heterocycles. The molecular formula is C14H10Cl2N2O. The summed E-state index contributed by atoms with van der Waals surface area (Å²) in [5.41, 5.74) is 7.08. The van der Waals surface area contributed by atoms with Gasteiger partial charge in [0.1, 0.15) is 11.5 Å². The lowest BCUT2D eigenvalue weighted by Crippen LogP contribution is -1.94. The van der Waals surface area contributed by atoms with Crippen LogP contribution in [0.1, 0.15) is 5.56 Å². The van der Waals surface area contributed by atoms with Crippen molar-refractivity contribution in [2.24, 2.45) is 0 Å². The maximum Gasteiger partial charge on any atom is 0.129 e. The fraction of sp³-hybridized carbons (Fsp3) is 0.0714. The van der Waals surface area contributed by atoms with E-state index in [9.17, 15) is 0 Å². The lowest BCUT2D eigenvalue weighted by atomic mass is 10.1. The summed E-state index contributed by atoms with van der Waals surface area (Å²) in [5, 5.41) is 9.61. The van der Waals surface area contributed by atoms with Gasteiger partial charge < -0.3 is 10.5 Å². The Bertz CT molecular complexity index is 650. The highest BCUT2D eigenvalue weighted by Crippen LogP contribution is 2.30. The van der Waals surface area contributed by atoms with Crippen molar-refractivity contribution in [1.29, 1.82) is 5.26 Å². The summed E-state index contributed by atoms with van der Waals surface area (Å²) in [6.45, 7) is 0. The van der Waals surface area contributed by atoms with Crippen molar-refractivity contribution < 1.29 is 4.74 Å². The van der Waals surface area contributed by atoms with Crippen molar-refractivity contribution in [3.8, 4) is 17.6 Å². The quantitative estimate of drug-likeness (QED) is 0.851. The molecule has 0 aliphatic rings. The standard InChI is InChI=1S/C14H10Cl2N2O/c15-12-3-1-11(8-13(12)16)19-10-2-4-14(18)9(7-10)5-6-17/h1-4,7-8H,5,18H2. The van der Waals surface area contributed by atoms with E-state index in [2.05, 4.69) is 6.07 Å². The van der Waals surface area contributed by atoms with Crippen LogP contribution in [0.2, 0.25) is 10.0 Å². The van der Waals surface area contributed by atoms with Crippen LogP contribution >= 0.6 is 23.2 Å². The lowest BCUT2D eigenvalue weighted by Gasteiger charge is -2.09. The zero-order chi connectivity index (χ0) is 13.8. The predicted molar refractivity (Wildman–Crippen MR) is 76.7 cm³/mol. The Balaban J connectivity index is 2.25. The highest BCUT2D eigenvalue weighted by atomic mass is 35.5. The number of halogens is 2. The van der Waals surface area contributed by atoms with E-state index in [1.165, 1.54) is 0 Å². The molecule has 0 aromatic heterocycles. The molecule has 0 atom stereocenters. The number of anilines is 1. The Morgan fingerprint density at radius 3 is 2.42 bits per heavy atom. The summed E-state index contributed by atoms with van der Waals surface area (Å²) in [6, 6.07) is 12.2. The molecule has 0 bridgehead atoms. The maximum atomic E-state index is 8.71. The van der Waals surface area contributed by atoms with E-state index in [1.807, 2.05) is 0 Å². The molecule has 2 aromatic rings. The Labute approximate surface area is 121 Å². The van der Waals surface area contributed by atoms with E-state index in [0.29, 0.717) is 27.2 Å². The predicted octanol–water partition coefficient (Wildman–Crippen LogP) is 4.43. The highest BCUT2D eigenvalue weighted by molar-refractivity contribution is 6.42. The monoisotopic (exact) mass is 292 g/mol. The number of hydrogen-bond acceptors (Lipinski definition) is 3. The molecular weight excluding hydrogens is 283 g/mol. The van der Waals surface area contributed by atoms with Crippen LogP contribution in [0.4, 0.5) is 5.69 Å². The van der Waals surface area contributed by atoms with Crippen molar-refractivity contribution in [2.45, 2.75) is 6.42 Å². The number of benzene rings is 2. The van der Waals surface area contributed by atoms with Gasteiger partial charge in [-0.05, 0) is 35.9 Å². The molecule has 0 radical (unpaired) electrons. The average Bonchev–Trinajstić information content (AvgIpc) is 2.38. The Kier molecular flexibility index (Phi) is 4.16. The second-order valence-corrected chi connectivity index (χ2v) is 4.69. The van der Waals surface area contributed by atoms with Crippen LogP contribution in [0.15, 0.2) is 36.4 Å². The smallest absolute Gasteiger partial charge is 0.129 e. The number of nitrogen functional groups attached to an aromatic ring is 1. The molecule has 0 saturated carbocycles. The molecule has 0 unspecified atom stereocenters. The largest absolute Gasteiger partial charge is 0.457 e. The Hall–Kier alpha value is -1.89. The SMILES string of the molecule is N#CCc1cc(Oc2ccc(Cl)c(Cl)c2)ccc1N. The molecule has 19 heavy (non-hydrogen) atoms. The van der Waals surface area contributed by atoms with Gasteiger partial charge in [0.25, 0.3) is 0 Å². The van der Waals surface area contributed by atoms with Gasteiger partial charge in [0.05, 0.1) is 22.5 Å². The van der Waals surface area contributed by atoms with Crippen molar-refractivity contribution in [2.75, 3.05) is 5.73 Å². The summed E-state index contributed by atoms with van der Waals surface area (Å²) in [4.78, 5) is 0. The van der Waals surface area contributed by atoms with E-state index in [0.717, 1.165) is 5.56 Å². The summed E-state index contributed by atoms with van der Waals surface area (Å²) in [5.74, 6) is 1.17. The maximum absolute atomic E-state index is 8.71. The second-order valence-electron chi connectivity index (χ2n) is 3.87. The van der Waals surface area contributed by atoms with Crippen molar-refractivity contribution in [3.63, 3.8) is 0 Å². The van der Waals surface area contributed by atoms with E-state index in [-0.39, 0.29) is 6.42 Å². The van der Waals surface area contributed by atoms with E-state index >= 15 is 0 Å². The number of nitrogens with zero attached hydrogens (tertiary/aromatic N) is 1. The summed E-state index contributed by atoms with van der Waals surface area (Å²) >= 11 is 11.7. The van der Waals surface area contributed by atoms with Crippen LogP contribution < -0.4 is 10.5 Å². The molecule has 0 fully saturated rings. The van der Waals surface area contributed by atoms with Gasteiger partial charge in [0.15, 0.2) is 0 Å². The minimum Gasteiger partial charge on any atom is -0.457 e. The third-order valence-electron chi connectivity index (χ3n) is 2.51. The van der Waals surface area contributed by atoms with Gasteiger partial charge in [-0.2, -0.15) is 5.26 Å². The van der Waals surface area contributed by atoms with Crippen molar-refractivity contribution in [3.05, 3.63) is 52.0 Å². The van der Waals surface area contributed by atoms with Gasteiger partial charge in [0.2, 0.25) is 0 Å². The van der Waals surface area contributed by atoms with Crippen molar-refractivity contribution >= 4 is 28.9 Å². The van der Waals surface area contributed by atoms with Crippen LogP contribution in [-0.4, -0.2) is 0 Å². The molecule has 0 amide bonds. The molecule has 2 N–H and O–H groups in total. The van der Waals surface area contributed by atoms with Crippen LogP contribution in [0.5, 0.6) is 11.5 Å². The number of nitriles is 1. The number of ether oxygens (including phenoxy) is 1. The summed E-state index contributed by atoms with van der Waals surface area (Å²) < 4.78 is 5.65. The van der Waals surface area contributed by atoms with Gasteiger partial charge in [-0.1, -0.05) is 23.2 Å². The molecule has 0 aliphatic heterocycles.